The van der Waals surface area contributed by atoms with Crippen molar-refractivity contribution in [1.29, 1.82) is 0 Å². The summed E-state index contributed by atoms with van der Waals surface area (Å²) >= 11 is 0. The summed E-state index contributed by atoms with van der Waals surface area (Å²) < 4.78 is 0. The standard InChI is InChI=1S/C5H11NO2.C4H8N2O3.C4H9NO3/c1-3(2)4(6)5(7)8;5-2(4(8)9)1-3(6)7;1-2(6)3(5)4(7)8/h3-4H,6H2,1-2H3,(H,7,8);2H,1,5H2,(H2,6,7)(H,8,9);2-3,6H,5H2,1H3,(H,7,8). The lowest BCUT2D eigenvalue weighted by molar-refractivity contribution is -0.141. The SMILES string of the molecule is CC(C)C(N)C(=O)O.CC(O)C(N)C(=O)O.NC(=O)CC(N)C(=O)O. The Labute approximate surface area is 144 Å². The average molecular weight is 368 g/mol. The van der Waals surface area contributed by atoms with Gasteiger partial charge in [0.25, 0.3) is 0 Å². The van der Waals surface area contributed by atoms with Crippen molar-refractivity contribution in [2.24, 2.45) is 28.9 Å². The van der Waals surface area contributed by atoms with Crippen LogP contribution in [0.25, 0.3) is 0 Å². The molecule has 0 radical (unpaired) electrons. The third kappa shape index (κ3) is 17.9. The molecule has 0 aromatic heterocycles. The lowest BCUT2D eigenvalue weighted by Gasteiger charge is -2.07. The first kappa shape index (κ1) is 27.6. The summed E-state index contributed by atoms with van der Waals surface area (Å²) in [6.07, 6.45) is -1.29. The van der Waals surface area contributed by atoms with Gasteiger partial charge in [-0.2, -0.15) is 0 Å². The molecule has 25 heavy (non-hydrogen) atoms. The monoisotopic (exact) mass is 368 g/mol. The Hall–Kier alpha value is -2.28. The molecule has 0 fully saturated rings. The van der Waals surface area contributed by atoms with Gasteiger partial charge in [-0.3, -0.25) is 19.2 Å². The number of rotatable bonds is 7. The third-order valence-electron chi connectivity index (χ3n) is 2.55. The number of hydrogen-bond donors (Lipinski definition) is 8. The number of carbonyl (C=O) groups is 4. The fraction of sp³-hybridized carbons (Fsp3) is 0.692. The Bertz CT molecular complexity index is 418. The zero-order chi connectivity index (χ0) is 20.9. The van der Waals surface area contributed by atoms with Crippen LogP contribution in [-0.2, 0) is 19.2 Å². The zero-order valence-corrected chi connectivity index (χ0v) is 14.3. The second-order valence-corrected chi connectivity index (χ2v) is 5.33. The topological polar surface area (TPSA) is 253 Å². The van der Waals surface area contributed by atoms with E-state index in [1.54, 1.807) is 13.8 Å². The highest BCUT2D eigenvalue weighted by Gasteiger charge is 2.16. The number of amides is 1. The van der Waals surface area contributed by atoms with E-state index in [1.807, 2.05) is 0 Å². The maximum atomic E-state index is 10.0. The first-order valence-electron chi connectivity index (χ1n) is 7.06. The molecule has 0 aromatic carbocycles. The molecule has 1 amide bonds. The Kier molecular flexibility index (Phi) is 15.5. The van der Waals surface area contributed by atoms with Gasteiger partial charge in [-0.15, -0.1) is 0 Å². The van der Waals surface area contributed by atoms with E-state index >= 15 is 0 Å². The Morgan fingerprint density at radius 3 is 1.20 bits per heavy atom. The van der Waals surface area contributed by atoms with Gasteiger partial charge in [0.15, 0.2) is 0 Å². The van der Waals surface area contributed by atoms with Crippen molar-refractivity contribution in [1.82, 2.24) is 0 Å². The maximum Gasteiger partial charge on any atom is 0.323 e. The molecule has 0 aliphatic rings. The van der Waals surface area contributed by atoms with Crippen molar-refractivity contribution in [3.05, 3.63) is 0 Å². The highest BCUT2D eigenvalue weighted by molar-refractivity contribution is 5.83. The van der Waals surface area contributed by atoms with Gasteiger partial charge in [-0.25, -0.2) is 0 Å². The first-order valence-corrected chi connectivity index (χ1v) is 7.06. The summed E-state index contributed by atoms with van der Waals surface area (Å²) in [7, 11) is 0. The largest absolute Gasteiger partial charge is 0.480 e. The molecule has 12 N–H and O–H groups in total. The number of primary amides is 1. The molecule has 0 spiro atoms. The summed E-state index contributed by atoms with van der Waals surface area (Å²) in [5.74, 6) is -4.01. The number of aliphatic hydroxyl groups excluding tert-OH is 1. The number of hydrogen-bond acceptors (Lipinski definition) is 8. The van der Waals surface area contributed by atoms with E-state index in [0.717, 1.165) is 0 Å². The molecule has 12 heteroatoms. The molecule has 0 rings (SSSR count). The van der Waals surface area contributed by atoms with E-state index in [0.29, 0.717) is 0 Å². The van der Waals surface area contributed by atoms with Crippen LogP contribution < -0.4 is 22.9 Å². The summed E-state index contributed by atoms with van der Waals surface area (Å²) in [5, 5.41) is 32.9. The van der Waals surface area contributed by atoms with Crippen LogP contribution in [0.1, 0.15) is 27.2 Å². The zero-order valence-electron chi connectivity index (χ0n) is 14.3. The average Bonchev–Trinajstić information content (AvgIpc) is 2.45. The molecule has 0 aliphatic heterocycles. The molecule has 0 aliphatic carbocycles. The third-order valence-corrected chi connectivity index (χ3v) is 2.55. The molecule has 0 saturated carbocycles. The highest BCUT2D eigenvalue weighted by Crippen LogP contribution is 1.96. The van der Waals surface area contributed by atoms with Crippen LogP contribution in [0, 0.1) is 5.92 Å². The van der Waals surface area contributed by atoms with E-state index in [1.165, 1.54) is 6.92 Å². The Morgan fingerprint density at radius 1 is 0.800 bits per heavy atom. The minimum absolute atomic E-state index is 0.0208. The molecule has 0 heterocycles. The minimum Gasteiger partial charge on any atom is -0.480 e. The van der Waals surface area contributed by atoms with Crippen LogP contribution in [0.2, 0.25) is 0 Å². The molecule has 0 bridgehead atoms. The first-order chi connectivity index (χ1) is 11.1. The van der Waals surface area contributed by atoms with Crippen molar-refractivity contribution < 1.29 is 39.6 Å². The van der Waals surface area contributed by atoms with Gasteiger partial charge in [0, 0.05) is 0 Å². The van der Waals surface area contributed by atoms with E-state index in [4.69, 9.17) is 37.6 Å². The number of aliphatic hydroxyl groups is 1. The van der Waals surface area contributed by atoms with E-state index < -0.39 is 48.0 Å². The summed E-state index contributed by atoms with van der Waals surface area (Å²) in [4.78, 5) is 39.8. The fourth-order valence-corrected chi connectivity index (χ4v) is 0.796. The Balaban J connectivity index is -0.000000291. The molecule has 148 valence electrons. The van der Waals surface area contributed by atoms with Gasteiger partial charge in [0.1, 0.15) is 18.1 Å². The fourth-order valence-electron chi connectivity index (χ4n) is 0.796. The summed E-state index contributed by atoms with van der Waals surface area (Å²) in [5.41, 5.74) is 19.6. The highest BCUT2D eigenvalue weighted by atomic mass is 16.4. The van der Waals surface area contributed by atoms with Crippen molar-refractivity contribution >= 4 is 23.8 Å². The van der Waals surface area contributed by atoms with Crippen molar-refractivity contribution in [2.75, 3.05) is 0 Å². The predicted octanol–water partition coefficient (Wildman–Crippen LogP) is -2.89. The molecule has 0 aromatic rings. The van der Waals surface area contributed by atoms with E-state index in [-0.39, 0.29) is 12.3 Å². The number of carboxylic acids is 3. The molecule has 4 atom stereocenters. The van der Waals surface area contributed by atoms with Crippen molar-refractivity contribution in [3.8, 4) is 0 Å². The number of carbonyl (C=O) groups excluding carboxylic acids is 1. The number of nitrogens with two attached hydrogens (primary N) is 4. The Morgan fingerprint density at radius 2 is 1.16 bits per heavy atom. The lowest BCUT2D eigenvalue weighted by Crippen LogP contribution is -2.39. The van der Waals surface area contributed by atoms with Gasteiger partial charge < -0.3 is 43.4 Å². The van der Waals surface area contributed by atoms with Crippen LogP contribution in [0.4, 0.5) is 0 Å². The normalized spacial score (nSPS) is 14.6. The second kappa shape index (κ2) is 14.1. The van der Waals surface area contributed by atoms with Crippen LogP contribution >= 0.6 is 0 Å². The van der Waals surface area contributed by atoms with Crippen molar-refractivity contribution in [2.45, 2.75) is 51.4 Å². The van der Waals surface area contributed by atoms with E-state index in [9.17, 15) is 19.2 Å². The van der Waals surface area contributed by atoms with Gasteiger partial charge in [-0.05, 0) is 12.8 Å². The molecule has 0 saturated heterocycles. The van der Waals surface area contributed by atoms with E-state index in [2.05, 4.69) is 5.73 Å². The lowest BCUT2D eigenvalue weighted by atomic mass is 10.1. The second-order valence-electron chi connectivity index (χ2n) is 5.33. The minimum atomic E-state index is -1.21. The predicted molar refractivity (Wildman–Crippen MR) is 87.2 cm³/mol. The van der Waals surface area contributed by atoms with Gasteiger partial charge in [0.05, 0.1) is 12.5 Å². The number of aliphatic carboxylic acids is 3. The van der Waals surface area contributed by atoms with Gasteiger partial charge in [0.2, 0.25) is 5.91 Å². The van der Waals surface area contributed by atoms with Crippen LogP contribution in [0.5, 0.6) is 0 Å². The van der Waals surface area contributed by atoms with Crippen LogP contribution in [0.15, 0.2) is 0 Å². The van der Waals surface area contributed by atoms with Crippen molar-refractivity contribution in [3.63, 3.8) is 0 Å². The molecular formula is C13H28N4O8. The van der Waals surface area contributed by atoms with Crippen LogP contribution in [0.3, 0.4) is 0 Å². The molecule has 12 nitrogen and oxygen atoms in total. The maximum absolute atomic E-state index is 10.0. The van der Waals surface area contributed by atoms with Crippen LogP contribution in [-0.4, -0.2) is 68.5 Å². The summed E-state index contributed by atoms with van der Waals surface area (Å²) in [6, 6.07) is -3.03. The van der Waals surface area contributed by atoms with Gasteiger partial charge >= 0.3 is 17.9 Å². The smallest absolute Gasteiger partial charge is 0.323 e. The summed E-state index contributed by atoms with van der Waals surface area (Å²) in [6.45, 7) is 4.89. The quantitative estimate of drug-likeness (QED) is 0.226. The molecule has 4 unspecified atom stereocenters. The van der Waals surface area contributed by atoms with Gasteiger partial charge in [-0.1, -0.05) is 13.8 Å². The molecular weight excluding hydrogens is 340 g/mol. The number of carboxylic acid groups (broad SMARTS) is 3.